The predicted octanol–water partition coefficient (Wildman–Crippen LogP) is 11.6. The van der Waals surface area contributed by atoms with Crippen LogP contribution in [0.4, 0.5) is 0 Å². The number of thiol groups is 1. The molecule has 0 aliphatic carbocycles. The Morgan fingerprint density at radius 1 is 0.591 bits per heavy atom. The lowest BCUT2D eigenvalue weighted by Crippen LogP contribution is -2.27. The van der Waals surface area contributed by atoms with E-state index in [0.717, 1.165) is 0 Å². The first-order valence-electron chi connectivity index (χ1n) is 16.3. The normalized spacial score (nSPS) is 11.0. The Hall–Kier alpha value is 1.41. The maximum atomic E-state index is 6.07. The second-order valence-electron chi connectivity index (χ2n) is 15.1. The van der Waals surface area contributed by atoms with Crippen LogP contribution >= 0.6 is 12.6 Å². The van der Waals surface area contributed by atoms with Crippen LogP contribution in [0.25, 0.3) is 0 Å². The SMILES string of the molecule is C.C=C[Si](C)(C)OC.CCC[Si](C)(C)OC.CO[Si](C)(C)C.CO[Si](C)(C)C.CO[Si](C)(C)C.C[SiH](C)C.C[SiH](C)C.[2H]CS. The molecule has 0 unspecified atom stereocenters. The van der Waals surface area contributed by atoms with Gasteiger partial charge in [-0.1, -0.05) is 65.8 Å². The molecule has 0 radical (unpaired) electrons. The zero-order valence-electron chi connectivity index (χ0n) is 35.5. The van der Waals surface area contributed by atoms with Crippen molar-refractivity contribution in [2.24, 2.45) is 0 Å². The van der Waals surface area contributed by atoms with Gasteiger partial charge in [-0.05, 0) is 97.4 Å². The van der Waals surface area contributed by atoms with E-state index in [1.807, 2.05) is 12.8 Å². The number of hydrogen-bond donors (Lipinski definition) is 1. The molecule has 0 fully saturated rings. The van der Waals surface area contributed by atoms with Crippen LogP contribution in [0.2, 0.25) is 130 Å². The Kier molecular flexibility index (Phi) is 59.0. The Labute approximate surface area is 299 Å². The minimum atomic E-state index is -1.39. The van der Waals surface area contributed by atoms with Crippen LogP contribution in [0.3, 0.4) is 0 Å². The van der Waals surface area contributed by atoms with E-state index in [1.54, 1.807) is 28.4 Å². The second-order valence-corrected chi connectivity index (χ2v) is 44.4. The summed E-state index contributed by atoms with van der Waals surface area (Å²) in [7, 11) is 2.63. The third kappa shape index (κ3) is 142. The first kappa shape index (κ1) is 64.0. The highest BCUT2D eigenvalue weighted by atomic mass is 32.1. The first-order valence-corrected chi connectivity index (χ1v) is 39.5. The molecule has 0 saturated carbocycles. The molecule has 0 aliphatic rings. The lowest BCUT2D eigenvalue weighted by Gasteiger charge is -2.17. The van der Waals surface area contributed by atoms with E-state index in [2.05, 4.69) is 151 Å². The van der Waals surface area contributed by atoms with Crippen LogP contribution < -0.4 is 0 Å². The Morgan fingerprint density at radius 2 is 0.773 bits per heavy atom. The average molecular weight is 775 g/mol. The number of hydrogen-bond acceptors (Lipinski definition) is 6. The predicted molar refractivity (Wildman–Crippen MR) is 236 cm³/mol. The van der Waals surface area contributed by atoms with Gasteiger partial charge in [0.25, 0.3) is 0 Å². The van der Waals surface area contributed by atoms with Crippen LogP contribution in [-0.4, -0.2) is 101 Å². The fourth-order valence-electron chi connectivity index (χ4n) is 0.787. The van der Waals surface area contributed by atoms with Gasteiger partial charge in [0.1, 0.15) is 0 Å². The fraction of sp³-hybridized carbons (Fsp3) is 0.935. The smallest absolute Gasteiger partial charge is 0.209 e. The zero-order chi connectivity index (χ0) is 38.0. The zero-order valence-corrected chi connectivity index (χ0v) is 42.8. The van der Waals surface area contributed by atoms with Crippen molar-refractivity contribution >= 4 is 71.8 Å². The van der Waals surface area contributed by atoms with Crippen molar-refractivity contribution in [3.63, 3.8) is 0 Å². The fourth-order valence-corrected chi connectivity index (χ4v) is 2.36. The molecule has 280 valence electrons. The summed E-state index contributed by atoms with van der Waals surface area (Å²) >= 11 is 3.46. The van der Waals surface area contributed by atoms with Crippen molar-refractivity contribution in [2.75, 3.05) is 41.8 Å². The Bertz CT molecular complexity index is 497. The molecule has 0 rings (SSSR count). The summed E-state index contributed by atoms with van der Waals surface area (Å²) < 4.78 is 31.7. The summed E-state index contributed by atoms with van der Waals surface area (Å²) in [5, 5.41) is 0. The van der Waals surface area contributed by atoms with Crippen molar-refractivity contribution in [1.29, 1.82) is 0 Å². The molecule has 0 aromatic carbocycles. The molecule has 5 nitrogen and oxygen atoms in total. The molecule has 0 atom stereocenters. The summed E-state index contributed by atoms with van der Waals surface area (Å²) in [5.74, 6) is 0. The lowest BCUT2D eigenvalue weighted by atomic mass is 10.6. The molecule has 0 aromatic heterocycles. The van der Waals surface area contributed by atoms with Gasteiger partial charge in [-0.15, -0.1) is 6.58 Å². The molecule has 0 heterocycles. The van der Waals surface area contributed by atoms with Crippen molar-refractivity contribution in [3.8, 4) is 0 Å². The highest BCUT2D eigenvalue weighted by Crippen LogP contribution is 2.10. The molecule has 0 amide bonds. The van der Waals surface area contributed by atoms with E-state index < -0.39 is 41.6 Å². The van der Waals surface area contributed by atoms with Crippen LogP contribution in [0, 0.1) is 0 Å². The molecule has 0 N–H and O–H groups in total. The number of rotatable bonds is 8. The summed E-state index contributed by atoms with van der Waals surface area (Å²) in [6.45, 7) is 47.8. The van der Waals surface area contributed by atoms with Crippen molar-refractivity contribution in [2.45, 2.75) is 151 Å². The topological polar surface area (TPSA) is 46.2 Å². The van der Waals surface area contributed by atoms with Crippen LogP contribution in [-0.2, 0) is 22.1 Å². The minimum absolute atomic E-state index is 0. The lowest BCUT2D eigenvalue weighted by molar-refractivity contribution is 0.403. The van der Waals surface area contributed by atoms with E-state index in [-0.39, 0.29) is 31.3 Å². The molecular formula is C31H92O5SSi7. The molecule has 13 heteroatoms. The molecule has 0 bridgehead atoms. The Morgan fingerprint density at radius 3 is 0.795 bits per heavy atom. The molecular weight excluding hydrogens is 681 g/mol. The van der Waals surface area contributed by atoms with Gasteiger partial charge in [-0.3, -0.25) is 0 Å². The van der Waals surface area contributed by atoms with Gasteiger partial charge in [0, 0.05) is 54.5 Å². The van der Waals surface area contributed by atoms with Gasteiger partial charge in [-0.2, -0.15) is 12.6 Å². The van der Waals surface area contributed by atoms with E-state index >= 15 is 0 Å². The standard InChI is InChI=1S/C6H16OSi.C5H12OSi.3C4H12OSi.2C3H10Si.CH4S.CH4/c1-5-6-8(3,4)7-2;1-5-7(3,4)6-2;3*1-5-6(2,3)4;2*1-4(2)3;1-2;/h5-6H2,1-4H3;5H,1H2,2-4H3;3*1-4H3;2*4H,1-3H3;2H,1H3;1H4/i;;;;;;;1D;. The van der Waals surface area contributed by atoms with Gasteiger partial charge in [0.2, 0.25) is 8.32 Å². The molecule has 0 aliphatic heterocycles. The molecule has 0 spiro atoms. The quantitative estimate of drug-likeness (QED) is 0.197. The van der Waals surface area contributed by atoms with Crippen molar-refractivity contribution in [1.82, 2.24) is 0 Å². The van der Waals surface area contributed by atoms with E-state index in [9.17, 15) is 0 Å². The second kappa shape index (κ2) is 40.6. The van der Waals surface area contributed by atoms with E-state index in [0.29, 0.717) is 0 Å². The molecule has 0 saturated heterocycles. The van der Waals surface area contributed by atoms with Crippen LogP contribution in [0.5, 0.6) is 0 Å². The van der Waals surface area contributed by atoms with Crippen molar-refractivity contribution in [3.05, 3.63) is 12.3 Å². The van der Waals surface area contributed by atoms with E-state index in [1.165, 1.54) is 12.5 Å². The third-order valence-electron chi connectivity index (χ3n) is 4.26. The minimum Gasteiger partial charge on any atom is -0.421 e. The molecule has 0 aromatic rings. The summed E-state index contributed by atoms with van der Waals surface area (Å²) in [6.07, 6.45) is 1.45. The van der Waals surface area contributed by atoms with Crippen LogP contribution in [0.15, 0.2) is 12.3 Å². The molecule has 44 heavy (non-hydrogen) atoms. The average Bonchev–Trinajstić information content (AvgIpc) is 2.84. The van der Waals surface area contributed by atoms with Gasteiger partial charge >= 0.3 is 0 Å². The largest absolute Gasteiger partial charge is 0.421 e. The van der Waals surface area contributed by atoms with Gasteiger partial charge in [0.15, 0.2) is 33.3 Å². The highest BCUT2D eigenvalue weighted by Gasteiger charge is 2.17. The van der Waals surface area contributed by atoms with Gasteiger partial charge < -0.3 is 22.1 Å². The first-order chi connectivity index (χ1) is 19.3. The summed E-state index contributed by atoms with van der Waals surface area (Å²) in [6, 6.07) is 1.28. The maximum absolute atomic E-state index is 6.07. The monoisotopic (exact) mass is 774 g/mol. The summed E-state index contributed by atoms with van der Waals surface area (Å²) in [4.78, 5) is 0. The van der Waals surface area contributed by atoms with Gasteiger partial charge in [-0.25, -0.2) is 0 Å². The van der Waals surface area contributed by atoms with Gasteiger partial charge in [0.05, 0.1) is 0 Å². The Balaban J connectivity index is -0.0000000476. The van der Waals surface area contributed by atoms with Crippen LogP contribution in [0.1, 0.15) is 22.1 Å². The highest BCUT2D eigenvalue weighted by molar-refractivity contribution is 7.79. The third-order valence-corrected chi connectivity index (χ3v) is 12.8. The summed E-state index contributed by atoms with van der Waals surface area (Å²) in [5.41, 5.74) is 1.91. The van der Waals surface area contributed by atoms with Crippen molar-refractivity contribution < 1.29 is 23.5 Å². The van der Waals surface area contributed by atoms with E-state index in [4.69, 9.17) is 23.5 Å². The maximum Gasteiger partial charge on any atom is 0.209 e.